The molecule has 238 valence electrons. The predicted octanol–water partition coefficient (Wildman–Crippen LogP) is 6.66. The number of benzene rings is 1. The highest BCUT2D eigenvalue weighted by Gasteiger charge is 2.67. The third kappa shape index (κ3) is 6.01. The quantitative estimate of drug-likeness (QED) is 0.0878. The average molecular weight is 625 g/mol. The molecule has 6 aliphatic rings. The van der Waals surface area contributed by atoms with Gasteiger partial charge in [0.05, 0.1) is 11.7 Å². The summed E-state index contributed by atoms with van der Waals surface area (Å²) in [6.45, 7) is 0. The Morgan fingerprint density at radius 1 is 1.05 bits per heavy atom. The molecule has 1 aromatic heterocycles. The second-order valence-corrected chi connectivity index (χ2v) is 14.7. The first kappa shape index (κ1) is 30.1. The Morgan fingerprint density at radius 3 is 2.55 bits per heavy atom. The largest absolute Gasteiger partial charge is 0.399 e. The first-order valence-electron chi connectivity index (χ1n) is 16.5. The van der Waals surface area contributed by atoms with E-state index in [1.807, 2.05) is 29.6 Å². The second-order valence-electron chi connectivity index (χ2n) is 13.8. The SMILES string of the molecule is Nc1cccc(-c2csc(NC(=O)CCCCCCC(=O)N(O)C3CCC[C@]4(C3)OOC3(O4)C4CC5CC(C4)CC3C5)n2)c1. The lowest BCUT2D eigenvalue weighted by atomic mass is 9.53. The molecule has 8 rings (SSSR count). The van der Waals surface area contributed by atoms with Crippen molar-refractivity contribution in [2.75, 3.05) is 11.1 Å². The van der Waals surface area contributed by atoms with Crippen molar-refractivity contribution in [3.05, 3.63) is 29.6 Å². The number of hydroxylamine groups is 2. The maximum absolute atomic E-state index is 12.9. The molecule has 6 fully saturated rings. The molecule has 4 bridgehead atoms. The van der Waals surface area contributed by atoms with E-state index >= 15 is 0 Å². The van der Waals surface area contributed by atoms with E-state index in [1.165, 1.54) is 17.8 Å². The van der Waals surface area contributed by atoms with Gasteiger partial charge >= 0.3 is 0 Å². The normalized spacial score (nSPS) is 33.7. The highest BCUT2D eigenvalue weighted by Crippen LogP contribution is 2.63. The van der Waals surface area contributed by atoms with Crippen LogP contribution in [0.1, 0.15) is 96.3 Å². The number of nitrogen functional groups attached to an aromatic ring is 1. The van der Waals surface area contributed by atoms with Crippen molar-refractivity contribution < 1.29 is 29.3 Å². The zero-order valence-electron chi connectivity index (χ0n) is 25.2. The van der Waals surface area contributed by atoms with Gasteiger partial charge in [-0.15, -0.1) is 11.3 Å². The molecule has 2 heterocycles. The fraction of sp³-hybridized carbons (Fsp3) is 0.667. The molecule has 4 N–H and O–H groups in total. The van der Waals surface area contributed by atoms with E-state index in [0.29, 0.717) is 41.9 Å². The van der Waals surface area contributed by atoms with Crippen LogP contribution >= 0.6 is 11.3 Å². The van der Waals surface area contributed by atoms with Crippen molar-refractivity contribution in [1.82, 2.24) is 10.0 Å². The van der Waals surface area contributed by atoms with E-state index in [4.69, 9.17) is 20.2 Å². The summed E-state index contributed by atoms with van der Waals surface area (Å²) in [6.07, 6.45) is 12.3. The summed E-state index contributed by atoms with van der Waals surface area (Å²) in [5, 5.41) is 17.1. The van der Waals surface area contributed by atoms with Crippen LogP contribution in [0.25, 0.3) is 11.3 Å². The summed E-state index contributed by atoms with van der Waals surface area (Å²) in [5.74, 6) is 0.505. The van der Waals surface area contributed by atoms with Gasteiger partial charge in [0.1, 0.15) is 0 Å². The van der Waals surface area contributed by atoms with E-state index in [-0.39, 0.29) is 24.3 Å². The average Bonchev–Trinajstić information content (AvgIpc) is 3.62. The standard InChI is InChI=1S/C33H44N4O6S/c34-26-8-5-7-23(18-26)28-20-44-31(35-28)36-29(38)10-3-1-2-4-11-30(39)37(40)27-9-6-12-32(19-27)41-33(43-42-32)24-14-21-13-22(16-24)17-25(33)15-21/h5,7-8,18,20-22,24-25,27,40H,1-4,6,9-17,19,34H2,(H,35,36,38)/t21?,22?,24?,25?,27?,32-,33?/m1/s1. The number of amides is 2. The third-order valence-electron chi connectivity index (χ3n) is 10.7. The molecular weight excluding hydrogens is 580 g/mol. The Labute approximate surface area is 262 Å². The Balaban J connectivity index is 0.813. The van der Waals surface area contributed by atoms with Crippen LogP contribution in [0.3, 0.4) is 0 Å². The van der Waals surface area contributed by atoms with Crippen molar-refractivity contribution in [1.29, 1.82) is 0 Å². The summed E-state index contributed by atoms with van der Waals surface area (Å²) in [5.41, 5.74) is 8.23. The van der Waals surface area contributed by atoms with Crippen molar-refractivity contribution in [3.8, 4) is 11.3 Å². The minimum Gasteiger partial charge on any atom is -0.399 e. The number of hydrogen-bond acceptors (Lipinski definition) is 9. The van der Waals surface area contributed by atoms with Gasteiger partial charge in [-0.2, -0.15) is 9.78 Å². The fourth-order valence-corrected chi connectivity index (χ4v) is 9.47. The molecular formula is C33H44N4O6S. The van der Waals surface area contributed by atoms with E-state index in [9.17, 15) is 14.8 Å². The van der Waals surface area contributed by atoms with Crippen molar-refractivity contribution >= 4 is 34.0 Å². The van der Waals surface area contributed by atoms with Gasteiger partial charge < -0.3 is 15.8 Å². The molecule has 2 amide bonds. The number of unbranched alkanes of at least 4 members (excludes halogenated alkanes) is 3. The van der Waals surface area contributed by atoms with E-state index in [0.717, 1.165) is 92.4 Å². The number of nitrogens with zero attached hydrogens (tertiary/aromatic N) is 2. The van der Waals surface area contributed by atoms with Gasteiger partial charge in [-0.3, -0.25) is 14.8 Å². The summed E-state index contributed by atoms with van der Waals surface area (Å²) in [4.78, 5) is 42.0. The minimum absolute atomic E-state index is 0.0712. The van der Waals surface area contributed by atoms with E-state index < -0.39 is 11.6 Å². The van der Waals surface area contributed by atoms with Gasteiger partial charge in [0.15, 0.2) is 5.13 Å². The summed E-state index contributed by atoms with van der Waals surface area (Å²) in [6, 6.07) is 7.16. The van der Waals surface area contributed by atoms with Crippen LogP contribution < -0.4 is 11.1 Å². The molecule has 0 radical (unpaired) electrons. The lowest BCUT2D eigenvalue weighted by Gasteiger charge is -2.57. The molecule has 1 saturated heterocycles. The number of carbonyl (C=O) groups excluding carboxylic acids is 2. The van der Waals surface area contributed by atoms with Crippen molar-refractivity contribution in [3.63, 3.8) is 0 Å². The number of hydrogen-bond donors (Lipinski definition) is 3. The van der Waals surface area contributed by atoms with Crippen LogP contribution in [-0.4, -0.2) is 44.7 Å². The molecule has 1 aliphatic heterocycles. The maximum Gasteiger partial charge on any atom is 0.246 e. The third-order valence-corrected chi connectivity index (χ3v) is 11.4. The van der Waals surface area contributed by atoms with Crippen LogP contribution in [-0.2, 0) is 24.1 Å². The van der Waals surface area contributed by atoms with Crippen LogP contribution in [0.5, 0.6) is 0 Å². The number of aromatic nitrogens is 1. The highest BCUT2D eigenvalue weighted by molar-refractivity contribution is 7.14. The molecule has 5 aliphatic carbocycles. The lowest BCUT2D eigenvalue weighted by molar-refractivity contribution is -0.391. The van der Waals surface area contributed by atoms with Gasteiger partial charge in [0, 0.05) is 54.1 Å². The van der Waals surface area contributed by atoms with Gasteiger partial charge in [-0.05, 0) is 81.8 Å². The van der Waals surface area contributed by atoms with E-state index in [2.05, 4.69) is 10.3 Å². The van der Waals surface area contributed by atoms with Gasteiger partial charge in [0.25, 0.3) is 0 Å². The fourth-order valence-electron chi connectivity index (χ4n) is 8.73. The van der Waals surface area contributed by atoms with E-state index in [1.54, 1.807) is 0 Å². The smallest absolute Gasteiger partial charge is 0.246 e. The minimum atomic E-state index is -0.879. The molecule has 2 spiro atoms. The van der Waals surface area contributed by atoms with Gasteiger partial charge in [0.2, 0.25) is 23.4 Å². The Hall–Kier alpha value is -2.57. The number of thiazole rings is 1. The molecule has 2 atom stereocenters. The van der Waals surface area contributed by atoms with Gasteiger partial charge in [-0.25, -0.2) is 10.0 Å². The second kappa shape index (κ2) is 12.3. The van der Waals surface area contributed by atoms with Crippen molar-refractivity contribution in [2.45, 2.75) is 114 Å². The molecule has 44 heavy (non-hydrogen) atoms. The number of nitrogens with two attached hydrogens (primary N) is 1. The Bertz CT molecular complexity index is 1340. The predicted molar refractivity (Wildman–Crippen MR) is 165 cm³/mol. The number of ether oxygens (including phenoxy) is 1. The molecule has 2 aromatic rings. The highest BCUT2D eigenvalue weighted by atomic mass is 32.1. The number of carbonyl (C=O) groups is 2. The van der Waals surface area contributed by atoms with Crippen LogP contribution in [0, 0.1) is 23.7 Å². The molecule has 1 aromatic carbocycles. The zero-order valence-corrected chi connectivity index (χ0v) is 26.1. The molecule has 1 unspecified atom stereocenters. The number of rotatable bonds is 10. The van der Waals surface area contributed by atoms with Crippen LogP contribution in [0.4, 0.5) is 10.8 Å². The van der Waals surface area contributed by atoms with Gasteiger partial charge in [-0.1, -0.05) is 25.0 Å². The van der Waals surface area contributed by atoms with Crippen LogP contribution in [0.15, 0.2) is 29.6 Å². The van der Waals surface area contributed by atoms with Crippen LogP contribution in [0.2, 0.25) is 0 Å². The summed E-state index contributed by atoms with van der Waals surface area (Å²) >= 11 is 1.39. The lowest BCUT2D eigenvalue weighted by Crippen LogP contribution is -2.59. The Morgan fingerprint density at radius 2 is 1.80 bits per heavy atom. The summed E-state index contributed by atoms with van der Waals surface area (Å²) < 4.78 is 6.79. The maximum atomic E-state index is 12.9. The molecule has 11 heteroatoms. The first-order chi connectivity index (χ1) is 21.3. The topological polar surface area (TPSA) is 136 Å². The molecule has 5 saturated carbocycles. The zero-order chi connectivity index (χ0) is 30.3. The summed E-state index contributed by atoms with van der Waals surface area (Å²) in [7, 11) is 0. The Kier molecular flexibility index (Phi) is 8.43. The number of anilines is 2. The monoisotopic (exact) mass is 624 g/mol. The van der Waals surface area contributed by atoms with Crippen molar-refractivity contribution in [2.24, 2.45) is 23.7 Å². The first-order valence-corrected chi connectivity index (χ1v) is 17.4. The molecule has 10 nitrogen and oxygen atoms in total. The number of nitrogens with one attached hydrogen (secondary N) is 1.